The number of nitrogens with zero attached hydrogens (tertiary/aromatic N) is 1. The van der Waals surface area contributed by atoms with Gasteiger partial charge in [-0.15, -0.1) is 0 Å². The van der Waals surface area contributed by atoms with Crippen molar-refractivity contribution in [2.45, 2.75) is 26.1 Å². The second kappa shape index (κ2) is 10.9. The summed E-state index contributed by atoms with van der Waals surface area (Å²) in [5, 5.41) is 8.06. The van der Waals surface area contributed by atoms with Gasteiger partial charge in [0.05, 0.1) is 6.61 Å². The lowest BCUT2D eigenvalue weighted by Gasteiger charge is -2.20. The molecule has 126 valence electrons. The Kier molecular flexibility index (Phi) is 9.22. The SMILES string of the molecule is CC(C)O.CN(C)CCOC(c1ccccc1)c1ccccc1. The molecule has 0 spiro atoms. The summed E-state index contributed by atoms with van der Waals surface area (Å²) in [6.07, 6.45) is -0.151. The maximum atomic E-state index is 8.06. The topological polar surface area (TPSA) is 32.7 Å². The fraction of sp³-hybridized carbons (Fsp3) is 0.400. The molecule has 3 nitrogen and oxygen atoms in total. The maximum absolute atomic E-state index is 8.06. The van der Waals surface area contributed by atoms with E-state index in [9.17, 15) is 0 Å². The van der Waals surface area contributed by atoms with Gasteiger partial charge in [0.2, 0.25) is 0 Å². The van der Waals surface area contributed by atoms with E-state index in [1.165, 1.54) is 11.1 Å². The summed E-state index contributed by atoms with van der Waals surface area (Å²) in [7, 11) is 4.12. The number of benzene rings is 2. The van der Waals surface area contributed by atoms with Crippen molar-refractivity contribution in [3.05, 3.63) is 71.8 Å². The molecule has 0 saturated carbocycles. The van der Waals surface area contributed by atoms with Gasteiger partial charge in [0.25, 0.3) is 0 Å². The second-order valence-electron chi connectivity index (χ2n) is 5.97. The summed E-state index contributed by atoms with van der Waals surface area (Å²) in [6, 6.07) is 20.8. The number of aliphatic hydroxyl groups is 1. The average Bonchev–Trinajstić information content (AvgIpc) is 2.52. The molecular weight excluding hydrogens is 286 g/mol. The lowest BCUT2D eigenvalue weighted by molar-refractivity contribution is 0.0687. The summed E-state index contributed by atoms with van der Waals surface area (Å²) >= 11 is 0. The van der Waals surface area contributed by atoms with Gasteiger partial charge in [-0.25, -0.2) is 0 Å². The highest BCUT2D eigenvalue weighted by atomic mass is 16.5. The maximum Gasteiger partial charge on any atom is 0.108 e. The summed E-state index contributed by atoms with van der Waals surface area (Å²) in [4.78, 5) is 2.13. The molecule has 1 N–H and O–H groups in total. The van der Waals surface area contributed by atoms with Crippen LogP contribution in [0.25, 0.3) is 0 Å². The van der Waals surface area contributed by atoms with Gasteiger partial charge in [0.1, 0.15) is 6.10 Å². The zero-order valence-electron chi connectivity index (χ0n) is 14.6. The van der Waals surface area contributed by atoms with Gasteiger partial charge in [-0.1, -0.05) is 60.7 Å². The van der Waals surface area contributed by atoms with Gasteiger partial charge in [-0.2, -0.15) is 0 Å². The van der Waals surface area contributed by atoms with Crippen LogP contribution >= 0.6 is 0 Å². The molecule has 0 aromatic heterocycles. The second-order valence-corrected chi connectivity index (χ2v) is 5.97. The third kappa shape index (κ3) is 8.50. The van der Waals surface area contributed by atoms with Crippen LogP contribution in [-0.2, 0) is 4.74 Å². The van der Waals surface area contributed by atoms with Crippen molar-refractivity contribution < 1.29 is 9.84 Å². The van der Waals surface area contributed by atoms with Crippen LogP contribution in [0.1, 0.15) is 31.1 Å². The summed E-state index contributed by atoms with van der Waals surface area (Å²) in [5.41, 5.74) is 2.40. The van der Waals surface area contributed by atoms with E-state index in [-0.39, 0.29) is 12.2 Å². The molecule has 2 aromatic rings. The Labute approximate surface area is 140 Å². The summed E-state index contributed by atoms with van der Waals surface area (Å²) < 4.78 is 6.08. The number of aliphatic hydroxyl groups excluding tert-OH is 1. The van der Waals surface area contributed by atoms with Crippen molar-refractivity contribution >= 4 is 0 Å². The van der Waals surface area contributed by atoms with Gasteiger partial charge < -0.3 is 14.7 Å². The molecule has 0 aliphatic heterocycles. The van der Waals surface area contributed by atoms with Crippen LogP contribution in [0.2, 0.25) is 0 Å². The molecule has 2 rings (SSSR count). The molecule has 0 aliphatic rings. The average molecular weight is 315 g/mol. The number of likely N-dealkylation sites (N-methyl/N-ethyl adjacent to an activating group) is 1. The minimum Gasteiger partial charge on any atom is -0.394 e. The Bertz CT molecular complexity index is 469. The normalized spacial score (nSPS) is 10.8. The number of hydrogen-bond donors (Lipinski definition) is 1. The van der Waals surface area contributed by atoms with Crippen LogP contribution in [0.5, 0.6) is 0 Å². The summed E-state index contributed by atoms with van der Waals surface area (Å²) in [5.74, 6) is 0. The predicted octanol–water partition coefficient (Wildman–Crippen LogP) is 3.74. The first-order valence-corrected chi connectivity index (χ1v) is 8.05. The van der Waals surface area contributed by atoms with E-state index in [0.29, 0.717) is 0 Å². The van der Waals surface area contributed by atoms with Crippen LogP contribution in [0.4, 0.5) is 0 Å². The largest absolute Gasteiger partial charge is 0.394 e. The number of hydrogen-bond acceptors (Lipinski definition) is 3. The van der Waals surface area contributed by atoms with Crippen molar-refractivity contribution in [2.75, 3.05) is 27.2 Å². The molecular formula is C20H29NO2. The molecule has 0 aliphatic carbocycles. The lowest BCUT2D eigenvalue weighted by atomic mass is 10.0. The molecule has 3 heteroatoms. The molecule has 0 bridgehead atoms. The molecule has 0 heterocycles. The van der Waals surface area contributed by atoms with E-state index in [4.69, 9.17) is 9.84 Å². The number of rotatable bonds is 6. The van der Waals surface area contributed by atoms with E-state index < -0.39 is 0 Å². The highest BCUT2D eigenvalue weighted by Gasteiger charge is 2.13. The van der Waals surface area contributed by atoms with E-state index in [1.54, 1.807) is 13.8 Å². The third-order valence-electron chi connectivity index (χ3n) is 3.03. The van der Waals surface area contributed by atoms with Crippen molar-refractivity contribution in [1.29, 1.82) is 0 Å². The molecule has 0 unspecified atom stereocenters. The smallest absolute Gasteiger partial charge is 0.108 e. The quantitative estimate of drug-likeness (QED) is 0.881. The Hall–Kier alpha value is -1.68. The minimum absolute atomic E-state index is 0.0161. The van der Waals surface area contributed by atoms with Crippen LogP contribution in [-0.4, -0.2) is 43.4 Å². The molecule has 0 amide bonds. The van der Waals surface area contributed by atoms with Crippen molar-refractivity contribution in [3.8, 4) is 0 Å². The van der Waals surface area contributed by atoms with Gasteiger partial charge in [-0.3, -0.25) is 0 Å². The molecule has 23 heavy (non-hydrogen) atoms. The molecule has 0 fully saturated rings. The molecule has 2 aromatic carbocycles. The van der Waals surface area contributed by atoms with Gasteiger partial charge in [0.15, 0.2) is 0 Å². The van der Waals surface area contributed by atoms with Crippen molar-refractivity contribution in [2.24, 2.45) is 0 Å². The zero-order valence-corrected chi connectivity index (χ0v) is 14.6. The first-order chi connectivity index (χ1) is 11.0. The Morgan fingerprint density at radius 2 is 1.26 bits per heavy atom. The van der Waals surface area contributed by atoms with Crippen LogP contribution in [0.3, 0.4) is 0 Å². The molecule has 0 radical (unpaired) electrons. The van der Waals surface area contributed by atoms with Gasteiger partial charge in [0, 0.05) is 12.6 Å². The van der Waals surface area contributed by atoms with Crippen molar-refractivity contribution in [1.82, 2.24) is 4.90 Å². The van der Waals surface area contributed by atoms with Gasteiger partial charge in [-0.05, 0) is 39.1 Å². The van der Waals surface area contributed by atoms with Crippen molar-refractivity contribution in [3.63, 3.8) is 0 Å². The zero-order chi connectivity index (χ0) is 17.1. The predicted molar refractivity (Wildman–Crippen MR) is 96.6 cm³/mol. The Balaban J connectivity index is 0.000000593. The molecule has 0 atom stereocenters. The van der Waals surface area contributed by atoms with E-state index in [1.807, 2.05) is 12.1 Å². The minimum atomic E-state index is -0.167. The lowest BCUT2D eigenvalue weighted by Crippen LogP contribution is -2.20. The fourth-order valence-electron chi connectivity index (χ4n) is 1.99. The first kappa shape index (κ1) is 19.4. The van der Waals surface area contributed by atoms with Crippen LogP contribution in [0, 0.1) is 0 Å². The third-order valence-corrected chi connectivity index (χ3v) is 3.03. The highest BCUT2D eigenvalue weighted by molar-refractivity contribution is 5.29. The Morgan fingerprint density at radius 3 is 1.61 bits per heavy atom. The molecule has 0 saturated heterocycles. The standard InChI is InChI=1S/C17H21NO.C3H8O/c1-18(2)13-14-19-17(15-9-5-3-6-10-15)16-11-7-4-8-12-16;1-3(2)4/h3-12,17H,13-14H2,1-2H3;3-4H,1-2H3. The van der Waals surface area contributed by atoms with Crippen LogP contribution in [0.15, 0.2) is 60.7 Å². The Morgan fingerprint density at radius 1 is 0.870 bits per heavy atom. The first-order valence-electron chi connectivity index (χ1n) is 8.05. The van der Waals surface area contributed by atoms with Crippen LogP contribution < -0.4 is 0 Å². The summed E-state index contributed by atoms with van der Waals surface area (Å²) in [6.45, 7) is 5.09. The van der Waals surface area contributed by atoms with E-state index in [0.717, 1.165) is 13.2 Å². The fourth-order valence-corrected chi connectivity index (χ4v) is 1.99. The number of ether oxygens (including phenoxy) is 1. The van der Waals surface area contributed by atoms with E-state index in [2.05, 4.69) is 67.5 Å². The van der Waals surface area contributed by atoms with E-state index >= 15 is 0 Å². The monoisotopic (exact) mass is 315 g/mol. The van der Waals surface area contributed by atoms with Gasteiger partial charge >= 0.3 is 0 Å². The highest BCUT2D eigenvalue weighted by Crippen LogP contribution is 2.25.